The molecule has 178 valence electrons. The van der Waals surface area contributed by atoms with Gasteiger partial charge in [0.2, 0.25) is 10.0 Å². The molecule has 0 radical (unpaired) electrons. The Labute approximate surface area is 204 Å². The maximum absolute atomic E-state index is 12.5. The average molecular weight is 569 g/mol. The Morgan fingerprint density at radius 1 is 1.13 bits per heavy atom. The van der Waals surface area contributed by atoms with Gasteiger partial charge < -0.3 is 19.7 Å². The van der Waals surface area contributed by atoms with E-state index in [1.165, 1.54) is 0 Å². The van der Waals surface area contributed by atoms with Crippen molar-refractivity contribution in [2.45, 2.75) is 40.0 Å². The van der Waals surface area contributed by atoms with Crippen molar-refractivity contribution in [2.75, 3.05) is 52.2 Å². The molecule has 1 fully saturated rings. The fourth-order valence-electron chi connectivity index (χ4n) is 3.18. The molecule has 2 rings (SSSR count). The quantitative estimate of drug-likeness (QED) is 0.265. The molecule has 1 aromatic rings. The molecular formula is C21H37IN4O4S. The van der Waals surface area contributed by atoms with Crippen LogP contribution >= 0.6 is 24.0 Å². The van der Waals surface area contributed by atoms with Gasteiger partial charge in [-0.3, -0.25) is 4.99 Å². The number of hydrogen-bond acceptors (Lipinski definition) is 5. The van der Waals surface area contributed by atoms with E-state index in [2.05, 4.69) is 39.5 Å². The molecule has 1 aromatic carbocycles. The predicted molar refractivity (Wildman–Crippen MR) is 135 cm³/mol. The van der Waals surface area contributed by atoms with Gasteiger partial charge >= 0.3 is 0 Å². The number of sulfonamides is 1. The molecule has 0 amide bonds. The van der Waals surface area contributed by atoms with Crippen LogP contribution in [-0.4, -0.2) is 81.9 Å². The SMILES string of the molecule is CCOCc1ccc(CNC(=NC)N2CCN(S(=O)(=O)CCOC(C)C)CC2)cc1.I. The summed E-state index contributed by atoms with van der Waals surface area (Å²) in [5.41, 5.74) is 2.31. The van der Waals surface area contributed by atoms with Gasteiger partial charge in [0.1, 0.15) is 0 Å². The molecule has 1 N–H and O–H groups in total. The van der Waals surface area contributed by atoms with Crippen LogP contribution in [0.5, 0.6) is 0 Å². The largest absolute Gasteiger partial charge is 0.378 e. The van der Waals surface area contributed by atoms with Crippen LogP contribution in [0.15, 0.2) is 29.3 Å². The highest BCUT2D eigenvalue weighted by Crippen LogP contribution is 2.10. The minimum Gasteiger partial charge on any atom is -0.378 e. The molecule has 31 heavy (non-hydrogen) atoms. The van der Waals surface area contributed by atoms with Gasteiger partial charge in [-0.1, -0.05) is 24.3 Å². The van der Waals surface area contributed by atoms with E-state index in [1.54, 1.807) is 11.4 Å². The summed E-state index contributed by atoms with van der Waals surface area (Å²) >= 11 is 0. The average Bonchev–Trinajstić information content (AvgIpc) is 2.73. The third-order valence-electron chi connectivity index (χ3n) is 4.88. The molecule has 0 aromatic heterocycles. The first-order valence-electron chi connectivity index (χ1n) is 10.6. The molecule has 1 heterocycles. The molecule has 0 unspecified atom stereocenters. The zero-order valence-corrected chi connectivity index (χ0v) is 22.2. The summed E-state index contributed by atoms with van der Waals surface area (Å²) in [5, 5.41) is 3.38. The van der Waals surface area contributed by atoms with Gasteiger partial charge in [-0.15, -0.1) is 24.0 Å². The Balaban J connectivity index is 0.00000480. The summed E-state index contributed by atoms with van der Waals surface area (Å²) in [7, 11) is -1.54. The second kappa shape index (κ2) is 14.2. The van der Waals surface area contributed by atoms with Crippen molar-refractivity contribution in [1.82, 2.24) is 14.5 Å². The van der Waals surface area contributed by atoms with E-state index in [0.717, 1.165) is 17.1 Å². The highest BCUT2D eigenvalue weighted by atomic mass is 127. The minimum absolute atomic E-state index is 0. The van der Waals surface area contributed by atoms with Crippen molar-refractivity contribution >= 4 is 40.0 Å². The summed E-state index contributed by atoms with van der Waals surface area (Å²) in [6, 6.07) is 8.31. The topological polar surface area (TPSA) is 83.5 Å². The molecule has 0 atom stereocenters. The molecule has 1 aliphatic rings. The van der Waals surface area contributed by atoms with Gasteiger partial charge in [0.05, 0.1) is 25.1 Å². The lowest BCUT2D eigenvalue weighted by molar-refractivity contribution is 0.0904. The highest BCUT2D eigenvalue weighted by molar-refractivity contribution is 14.0. The minimum atomic E-state index is -3.29. The number of ether oxygens (including phenoxy) is 2. The van der Waals surface area contributed by atoms with E-state index in [9.17, 15) is 8.42 Å². The Kier molecular flexibility index (Phi) is 12.9. The number of benzene rings is 1. The van der Waals surface area contributed by atoms with E-state index in [1.807, 2.05) is 20.8 Å². The molecular weight excluding hydrogens is 531 g/mol. The number of halogens is 1. The van der Waals surface area contributed by atoms with Crippen molar-refractivity contribution in [2.24, 2.45) is 4.99 Å². The maximum Gasteiger partial charge on any atom is 0.216 e. The monoisotopic (exact) mass is 568 g/mol. The van der Waals surface area contributed by atoms with Gasteiger partial charge in [-0.05, 0) is 31.9 Å². The molecule has 0 bridgehead atoms. The van der Waals surface area contributed by atoms with Crippen molar-refractivity contribution in [1.29, 1.82) is 0 Å². The lowest BCUT2D eigenvalue weighted by atomic mass is 10.1. The van der Waals surface area contributed by atoms with Gasteiger partial charge in [-0.2, -0.15) is 4.31 Å². The Morgan fingerprint density at radius 3 is 2.29 bits per heavy atom. The highest BCUT2D eigenvalue weighted by Gasteiger charge is 2.27. The molecule has 1 saturated heterocycles. The van der Waals surface area contributed by atoms with Crippen LogP contribution in [0.2, 0.25) is 0 Å². The Bertz CT molecular complexity index is 764. The first kappa shape index (κ1) is 28.1. The van der Waals surface area contributed by atoms with E-state index in [4.69, 9.17) is 9.47 Å². The number of hydrogen-bond donors (Lipinski definition) is 1. The Hall–Kier alpha value is -0.950. The predicted octanol–water partition coefficient (Wildman–Crippen LogP) is 2.29. The van der Waals surface area contributed by atoms with Crippen LogP contribution in [0, 0.1) is 0 Å². The summed E-state index contributed by atoms with van der Waals surface area (Å²) in [6.07, 6.45) is 0.0346. The number of piperazine rings is 1. The standard InChI is InChI=1S/C21H36N4O4S.HI/c1-5-28-17-20-8-6-19(7-9-20)16-23-21(22-4)24-10-12-25(13-11-24)30(26,27)15-14-29-18(2)3;/h6-9,18H,5,10-17H2,1-4H3,(H,22,23);1H. The fraction of sp³-hybridized carbons (Fsp3) is 0.667. The van der Waals surface area contributed by atoms with Crippen LogP contribution < -0.4 is 5.32 Å². The fourth-order valence-corrected chi connectivity index (χ4v) is 4.47. The molecule has 1 aliphatic heterocycles. The normalized spacial score (nSPS) is 15.8. The summed E-state index contributed by atoms with van der Waals surface area (Å²) in [4.78, 5) is 6.46. The third-order valence-corrected chi connectivity index (χ3v) is 6.72. The van der Waals surface area contributed by atoms with Gasteiger partial charge in [0, 0.05) is 46.4 Å². The van der Waals surface area contributed by atoms with Gasteiger partial charge in [0.15, 0.2) is 5.96 Å². The van der Waals surface area contributed by atoms with E-state index in [-0.39, 0.29) is 42.4 Å². The van der Waals surface area contributed by atoms with Crippen molar-refractivity contribution in [3.05, 3.63) is 35.4 Å². The van der Waals surface area contributed by atoms with Crippen LogP contribution in [0.25, 0.3) is 0 Å². The molecule has 0 saturated carbocycles. The van der Waals surface area contributed by atoms with E-state index >= 15 is 0 Å². The first-order chi connectivity index (χ1) is 14.4. The van der Waals surface area contributed by atoms with Crippen LogP contribution in [0.1, 0.15) is 31.9 Å². The molecule has 0 spiro atoms. The smallest absolute Gasteiger partial charge is 0.216 e. The zero-order valence-electron chi connectivity index (χ0n) is 19.0. The maximum atomic E-state index is 12.5. The second-order valence-electron chi connectivity index (χ2n) is 7.48. The Morgan fingerprint density at radius 2 is 1.74 bits per heavy atom. The summed E-state index contributed by atoms with van der Waals surface area (Å²) in [6.45, 7) is 10.1. The van der Waals surface area contributed by atoms with Crippen molar-refractivity contribution < 1.29 is 17.9 Å². The number of nitrogens with zero attached hydrogens (tertiary/aromatic N) is 3. The number of nitrogens with one attached hydrogen (secondary N) is 1. The summed E-state index contributed by atoms with van der Waals surface area (Å²) < 4.78 is 37.3. The first-order valence-corrected chi connectivity index (χ1v) is 12.2. The molecule has 8 nitrogen and oxygen atoms in total. The number of guanidine groups is 1. The van der Waals surface area contributed by atoms with E-state index in [0.29, 0.717) is 45.9 Å². The number of aliphatic imine (C=N–C) groups is 1. The lowest BCUT2D eigenvalue weighted by Gasteiger charge is -2.35. The molecule has 0 aliphatic carbocycles. The number of rotatable bonds is 10. The second-order valence-corrected chi connectivity index (χ2v) is 9.56. The van der Waals surface area contributed by atoms with Crippen LogP contribution in [0.3, 0.4) is 0 Å². The lowest BCUT2D eigenvalue weighted by Crippen LogP contribution is -2.54. The molecule has 10 heteroatoms. The van der Waals surface area contributed by atoms with Crippen LogP contribution in [-0.2, 0) is 32.6 Å². The third kappa shape index (κ3) is 9.60. The van der Waals surface area contributed by atoms with E-state index < -0.39 is 10.0 Å². The van der Waals surface area contributed by atoms with Gasteiger partial charge in [-0.25, -0.2) is 8.42 Å². The van der Waals surface area contributed by atoms with Gasteiger partial charge in [0.25, 0.3) is 0 Å². The van der Waals surface area contributed by atoms with Crippen LogP contribution in [0.4, 0.5) is 0 Å². The zero-order chi connectivity index (χ0) is 22.0. The van der Waals surface area contributed by atoms with Crippen molar-refractivity contribution in [3.8, 4) is 0 Å². The van der Waals surface area contributed by atoms with Crippen molar-refractivity contribution in [3.63, 3.8) is 0 Å². The summed E-state index contributed by atoms with van der Waals surface area (Å²) in [5.74, 6) is 0.811.